The predicted molar refractivity (Wildman–Crippen MR) is 60.0 cm³/mol. The van der Waals surface area contributed by atoms with E-state index >= 15 is 0 Å². The summed E-state index contributed by atoms with van der Waals surface area (Å²) in [7, 11) is -3.57. The third-order valence-corrected chi connectivity index (χ3v) is 2.77. The van der Waals surface area contributed by atoms with Crippen molar-refractivity contribution in [2.45, 2.75) is 0 Å². The Bertz CT molecular complexity index is 481. The van der Waals surface area contributed by atoms with E-state index in [2.05, 4.69) is 4.72 Å². The first kappa shape index (κ1) is 12.2. The molecule has 0 atom stereocenters. The predicted octanol–water partition coefficient (Wildman–Crippen LogP) is 1.22. The van der Waals surface area contributed by atoms with Gasteiger partial charge in [-0.1, -0.05) is 18.2 Å². The molecule has 0 aliphatic carbocycles. The monoisotopic (exact) mass is 242 g/mol. The van der Waals surface area contributed by atoms with Crippen LogP contribution >= 0.6 is 0 Å². The Morgan fingerprint density at radius 1 is 1.31 bits per heavy atom. The summed E-state index contributed by atoms with van der Waals surface area (Å²) in [6, 6.07) is 8.31. The highest BCUT2D eigenvalue weighted by Crippen LogP contribution is 2.07. The lowest BCUT2D eigenvalue weighted by Crippen LogP contribution is -2.15. The van der Waals surface area contributed by atoms with Crippen LogP contribution in [0.15, 0.2) is 42.6 Å². The topological polar surface area (TPSA) is 89.3 Å². The zero-order valence-corrected chi connectivity index (χ0v) is 9.05. The van der Waals surface area contributed by atoms with Crippen LogP contribution in [0, 0.1) is 10.1 Å². The number of nitrogens with one attached hydrogen (secondary N) is 1. The van der Waals surface area contributed by atoms with Crippen LogP contribution in [0.1, 0.15) is 0 Å². The van der Waals surface area contributed by atoms with E-state index in [0.717, 1.165) is 6.08 Å². The quantitative estimate of drug-likeness (QED) is 0.621. The van der Waals surface area contributed by atoms with Crippen molar-refractivity contribution in [3.05, 3.63) is 52.7 Å². The molecule has 0 bridgehead atoms. The molecule has 0 amide bonds. The molecule has 1 aromatic carbocycles. The van der Waals surface area contributed by atoms with E-state index in [-0.39, 0.29) is 0 Å². The maximum Gasteiger partial charge on any atom is 0.236 e. The summed E-state index contributed by atoms with van der Waals surface area (Å²) in [5, 5.41) is 9.95. The van der Waals surface area contributed by atoms with Crippen LogP contribution in [0.25, 0.3) is 0 Å². The largest absolute Gasteiger partial charge is 0.283 e. The molecule has 0 aromatic heterocycles. The molecule has 7 heteroatoms. The number of anilines is 1. The average Bonchev–Trinajstić information content (AvgIpc) is 2.17. The van der Waals surface area contributed by atoms with Crippen LogP contribution in [0.3, 0.4) is 0 Å². The van der Waals surface area contributed by atoms with Gasteiger partial charge in [0.2, 0.25) is 16.2 Å². The van der Waals surface area contributed by atoms with E-state index in [1.54, 1.807) is 30.3 Å². The molecule has 86 valence electrons. The summed E-state index contributed by atoms with van der Waals surface area (Å²) in [6.45, 7) is 0. The second kappa shape index (κ2) is 5.26. The van der Waals surface area contributed by atoms with Gasteiger partial charge in [-0.25, -0.2) is 8.42 Å². The lowest BCUT2D eigenvalue weighted by molar-refractivity contribution is -0.402. The van der Waals surface area contributed by atoms with Crippen molar-refractivity contribution in [2.24, 2.45) is 0 Å². The molecule has 0 aliphatic heterocycles. The summed E-state index contributed by atoms with van der Waals surface area (Å²) in [5.41, 5.74) is 0.428. The Hall–Kier alpha value is -1.89. The molecule has 1 aromatic rings. The van der Waals surface area contributed by atoms with Crippen molar-refractivity contribution in [2.75, 3.05) is 10.5 Å². The summed E-state index contributed by atoms with van der Waals surface area (Å²) in [5.74, 6) is -0.428. The number of nitro groups is 1. The lowest BCUT2D eigenvalue weighted by atomic mass is 10.3. The molecule has 0 saturated carbocycles. The fourth-order valence-electron chi connectivity index (χ4n) is 0.983. The minimum absolute atomic E-state index is 0.428. The van der Waals surface area contributed by atoms with Gasteiger partial charge in [-0.3, -0.25) is 14.8 Å². The molecule has 0 radical (unpaired) electrons. The zero-order valence-electron chi connectivity index (χ0n) is 8.24. The SMILES string of the molecule is O=[N+]([O-])C=CCS(=O)(=O)Nc1ccccc1. The maximum atomic E-state index is 11.4. The first-order valence-electron chi connectivity index (χ1n) is 4.35. The molecule has 16 heavy (non-hydrogen) atoms. The Labute approximate surface area is 92.8 Å². The fourth-order valence-corrected chi connectivity index (χ4v) is 1.90. The molecule has 0 heterocycles. The number of hydrogen-bond donors (Lipinski definition) is 1. The Balaban J connectivity index is 2.63. The number of para-hydroxylation sites is 1. The Morgan fingerprint density at radius 2 is 1.94 bits per heavy atom. The van der Waals surface area contributed by atoms with Gasteiger partial charge >= 0.3 is 0 Å². The van der Waals surface area contributed by atoms with Gasteiger partial charge in [0.15, 0.2) is 0 Å². The molecule has 0 unspecified atom stereocenters. The summed E-state index contributed by atoms with van der Waals surface area (Å²) in [4.78, 5) is 9.24. The van der Waals surface area contributed by atoms with Crippen LogP contribution < -0.4 is 4.72 Å². The van der Waals surface area contributed by atoms with E-state index in [1.165, 1.54) is 0 Å². The maximum absolute atomic E-state index is 11.4. The minimum atomic E-state index is -3.57. The number of hydrogen-bond acceptors (Lipinski definition) is 4. The van der Waals surface area contributed by atoms with E-state index in [4.69, 9.17) is 0 Å². The first-order valence-corrected chi connectivity index (χ1v) is 6.00. The molecule has 0 fully saturated rings. The molecule has 0 aliphatic rings. The number of benzene rings is 1. The van der Waals surface area contributed by atoms with Crippen LogP contribution in [0.4, 0.5) is 5.69 Å². The van der Waals surface area contributed by atoms with Crippen LogP contribution in [-0.2, 0) is 10.0 Å². The first-order chi connectivity index (χ1) is 7.49. The van der Waals surface area contributed by atoms with Crippen molar-refractivity contribution in [3.63, 3.8) is 0 Å². The van der Waals surface area contributed by atoms with E-state index in [9.17, 15) is 18.5 Å². The lowest BCUT2D eigenvalue weighted by Gasteiger charge is -2.04. The zero-order chi connectivity index (χ0) is 12.0. The van der Waals surface area contributed by atoms with E-state index in [0.29, 0.717) is 11.9 Å². The molecular weight excluding hydrogens is 232 g/mol. The average molecular weight is 242 g/mol. The van der Waals surface area contributed by atoms with E-state index in [1.807, 2.05) is 0 Å². The van der Waals surface area contributed by atoms with Gasteiger partial charge in [-0.2, -0.15) is 0 Å². The molecular formula is C9H10N2O4S. The van der Waals surface area contributed by atoms with Crippen LogP contribution in [0.2, 0.25) is 0 Å². The molecule has 0 spiro atoms. The van der Waals surface area contributed by atoms with Crippen molar-refractivity contribution in [1.29, 1.82) is 0 Å². The summed E-state index contributed by atoms with van der Waals surface area (Å²) < 4.78 is 25.1. The summed E-state index contributed by atoms with van der Waals surface area (Å²) in [6.07, 6.45) is 1.58. The number of sulfonamides is 1. The standard InChI is InChI=1S/C9H10N2O4S/c12-11(13)7-4-8-16(14,15)10-9-5-2-1-3-6-9/h1-7,10H,8H2. The normalized spacial score (nSPS) is 11.5. The molecule has 1 N–H and O–H groups in total. The van der Waals surface area contributed by atoms with Gasteiger partial charge in [0.25, 0.3) is 0 Å². The van der Waals surface area contributed by atoms with Crippen LogP contribution in [0.5, 0.6) is 0 Å². The second-order valence-corrected chi connectivity index (χ2v) is 4.69. The van der Waals surface area contributed by atoms with Gasteiger partial charge in [0.05, 0.1) is 10.7 Å². The number of nitrogens with zero attached hydrogens (tertiary/aromatic N) is 1. The van der Waals surface area contributed by atoms with Gasteiger partial charge in [0, 0.05) is 11.8 Å². The van der Waals surface area contributed by atoms with Gasteiger partial charge < -0.3 is 0 Å². The Morgan fingerprint density at radius 3 is 2.50 bits per heavy atom. The molecule has 1 rings (SSSR count). The van der Waals surface area contributed by atoms with Crippen molar-refractivity contribution in [1.82, 2.24) is 0 Å². The minimum Gasteiger partial charge on any atom is -0.283 e. The smallest absolute Gasteiger partial charge is 0.236 e. The third kappa shape index (κ3) is 4.56. The fraction of sp³-hybridized carbons (Fsp3) is 0.111. The highest BCUT2D eigenvalue weighted by atomic mass is 32.2. The second-order valence-electron chi connectivity index (χ2n) is 2.92. The highest BCUT2D eigenvalue weighted by Gasteiger charge is 2.08. The number of rotatable bonds is 5. The summed E-state index contributed by atoms with van der Waals surface area (Å²) >= 11 is 0. The third-order valence-electron chi connectivity index (χ3n) is 1.59. The van der Waals surface area contributed by atoms with Gasteiger partial charge in [-0.15, -0.1) is 0 Å². The Kier molecular flexibility index (Phi) is 4.01. The van der Waals surface area contributed by atoms with Crippen molar-refractivity contribution in [3.8, 4) is 0 Å². The highest BCUT2D eigenvalue weighted by molar-refractivity contribution is 7.92. The van der Waals surface area contributed by atoms with E-state index < -0.39 is 20.7 Å². The molecule has 0 saturated heterocycles. The van der Waals surface area contributed by atoms with Gasteiger partial charge in [-0.05, 0) is 12.1 Å². The van der Waals surface area contributed by atoms with Crippen molar-refractivity contribution < 1.29 is 13.3 Å². The van der Waals surface area contributed by atoms with Crippen molar-refractivity contribution >= 4 is 15.7 Å². The van der Waals surface area contributed by atoms with Gasteiger partial charge in [0.1, 0.15) is 0 Å². The molecule has 6 nitrogen and oxygen atoms in total. The van der Waals surface area contributed by atoms with Crippen LogP contribution in [-0.4, -0.2) is 19.1 Å².